The Balaban J connectivity index is 2.49. The van der Waals surface area contributed by atoms with E-state index in [1.54, 1.807) is 7.11 Å². The molecule has 0 amide bonds. The molecule has 0 fully saturated rings. The lowest BCUT2D eigenvalue weighted by molar-refractivity contribution is -0.0146. The summed E-state index contributed by atoms with van der Waals surface area (Å²) in [6.45, 7) is 0.570. The number of fused-ring (bicyclic) bond motifs is 1. The lowest BCUT2D eigenvalue weighted by Crippen LogP contribution is -2.37. The first kappa shape index (κ1) is 10.7. The molecule has 0 saturated heterocycles. The SMILES string of the molecule is COC1(CN)CCCCc2ccccc21. The van der Waals surface area contributed by atoms with Crippen molar-refractivity contribution < 1.29 is 4.74 Å². The fourth-order valence-electron chi connectivity index (χ4n) is 2.55. The van der Waals surface area contributed by atoms with Gasteiger partial charge in [-0.1, -0.05) is 24.3 Å². The molecule has 1 aliphatic rings. The fraction of sp³-hybridized carbons (Fsp3) is 0.538. The van der Waals surface area contributed by atoms with Gasteiger partial charge < -0.3 is 10.5 Å². The summed E-state index contributed by atoms with van der Waals surface area (Å²) >= 11 is 0. The number of rotatable bonds is 2. The van der Waals surface area contributed by atoms with Crippen LogP contribution < -0.4 is 5.73 Å². The van der Waals surface area contributed by atoms with E-state index in [1.807, 2.05) is 0 Å². The monoisotopic (exact) mass is 205 g/mol. The quantitative estimate of drug-likeness (QED) is 0.751. The molecule has 0 radical (unpaired) electrons. The maximum atomic E-state index is 5.91. The molecule has 0 saturated carbocycles. The van der Waals surface area contributed by atoms with Crippen LogP contribution in [-0.2, 0) is 16.8 Å². The lowest BCUT2D eigenvalue weighted by atomic mass is 9.88. The summed E-state index contributed by atoms with van der Waals surface area (Å²) in [6, 6.07) is 8.54. The molecule has 2 N–H and O–H groups in total. The Bertz CT molecular complexity index is 331. The molecule has 2 heteroatoms. The van der Waals surface area contributed by atoms with Gasteiger partial charge in [0.25, 0.3) is 0 Å². The lowest BCUT2D eigenvalue weighted by Gasteiger charge is -2.31. The summed E-state index contributed by atoms with van der Waals surface area (Å²) in [5, 5.41) is 0. The van der Waals surface area contributed by atoms with Crippen LogP contribution in [0, 0.1) is 0 Å². The number of ether oxygens (including phenoxy) is 1. The van der Waals surface area contributed by atoms with Crippen molar-refractivity contribution in [1.29, 1.82) is 0 Å². The molecule has 0 aliphatic heterocycles. The van der Waals surface area contributed by atoms with Gasteiger partial charge in [-0.05, 0) is 36.8 Å². The van der Waals surface area contributed by atoms with Crippen LogP contribution in [0.1, 0.15) is 30.4 Å². The highest BCUT2D eigenvalue weighted by molar-refractivity contribution is 5.34. The van der Waals surface area contributed by atoms with Gasteiger partial charge in [-0.25, -0.2) is 0 Å². The summed E-state index contributed by atoms with van der Waals surface area (Å²) in [7, 11) is 1.77. The van der Waals surface area contributed by atoms with Crippen molar-refractivity contribution in [3.05, 3.63) is 35.4 Å². The zero-order valence-corrected chi connectivity index (χ0v) is 9.33. The Kier molecular flexibility index (Phi) is 3.08. The summed E-state index contributed by atoms with van der Waals surface area (Å²) in [4.78, 5) is 0. The van der Waals surface area contributed by atoms with Crippen LogP contribution in [-0.4, -0.2) is 13.7 Å². The smallest absolute Gasteiger partial charge is 0.105 e. The van der Waals surface area contributed by atoms with E-state index in [0.717, 1.165) is 12.8 Å². The topological polar surface area (TPSA) is 35.2 Å². The normalized spacial score (nSPS) is 25.7. The molecule has 0 aromatic heterocycles. The van der Waals surface area contributed by atoms with Gasteiger partial charge in [0.15, 0.2) is 0 Å². The molecule has 1 aromatic rings. The van der Waals surface area contributed by atoms with Gasteiger partial charge in [-0.15, -0.1) is 0 Å². The maximum absolute atomic E-state index is 5.91. The van der Waals surface area contributed by atoms with Crippen molar-refractivity contribution in [2.24, 2.45) is 5.73 Å². The predicted octanol–water partition coefficient (Wildman–Crippen LogP) is 2.21. The fourth-order valence-corrected chi connectivity index (χ4v) is 2.55. The molecule has 0 spiro atoms. The minimum atomic E-state index is -0.243. The Morgan fingerprint density at radius 2 is 2.13 bits per heavy atom. The largest absolute Gasteiger partial charge is 0.372 e. The van der Waals surface area contributed by atoms with Crippen LogP contribution >= 0.6 is 0 Å². The van der Waals surface area contributed by atoms with Crippen LogP contribution in [0.4, 0.5) is 0 Å². The third-order valence-corrected chi connectivity index (χ3v) is 3.51. The standard InChI is InChI=1S/C13H19NO/c1-15-13(10-14)9-5-4-7-11-6-2-3-8-12(11)13/h2-3,6,8H,4-5,7,9-10,14H2,1H3. The van der Waals surface area contributed by atoms with Gasteiger partial charge >= 0.3 is 0 Å². The minimum Gasteiger partial charge on any atom is -0.372 e. The molecule has 1 unspecified atom stereocenters. The highest BCUT2D eigenvalue weighted by Gasteiger charge is 2.33. The van der Waals surface area contributed by atoms with Gasteiger partial charge in [-0.3, -0.25) is 0 Å². The van der Waals surface area contributed by atoms with E-state index in [2.05, 4.69) is 24.3 Å². The van der Waals surface area contributed by atoms with Crippen molar-refractivity contribution in [3.8, 4) is 0 Å². The van der Waals surface area contributed by atoms with Crippen molar-refractivity contribution >= 4 is 0 Å². The zero-order valence-electron chi connectivity index (χ0n) is 9.33. The highest BCUT2D eigenvalue weighted by Crippen LogP contribution is 2.35. The summed E-state index contributed by atoms with van der Waals surface area (Å²) in [5.74, 6) is 0. The van der Waals surface area contributed by atoms with E-state index < -0.39 is 0 Å². The van der Waals surface area contributed by atoms with Crippen molar-refractivity contribution in [2.45, 2.75) is 31.3 Å². The molecular formula is C13H19NO. The van der Waals surface area contributed by atoms with E-state index in [9.17, 15) is 0 Å². The average Bonchev–Trinajstić information content (AvgIpc) is 2.49. The van der Waals surface area contributed by atoms with Gasteiger partial charge in [0.05, 0.1) is 0 Å². The summed E-state index contributed by atoms with van der Waals surface area (Å²) in [6.07, 6.45) is 4.63. The number of hydrogen-bond donors (Lipinski definition) is 1. The molecule has 0 bridgehead atoms. The Morgan fingerprint density at radius 3 is 2.87 bits per heavy atom. The second kappa shape index (κ2) is 4.33. The Morgan fingerprint density at radius 1 is 1.33 bits per heavy atom. The molecular weight excluding hydrogens is 186 g/mol. The zero-order chi connectivity index (χ0) is 10.7. The third-order valence-electron chi connectivity index (χ3n) is 3.51. The minimum absolute atomic E-state index is 0.243. The first-order chi connectivity index (χ1) is 7.32. The molecule has 1 atom stereocenters. The van der Waals surface area contributed by atoms with Gasteiger partial charge in [0.1, 0.15) is 5.60 Å². The van der Waals surface area contributed by atoms with E-state index in [4.69, 9.17) is 10.5 Å². The Labute approximate surface area is 91.4 Å². The number of methoxy groups -OCH3 is 1. The first-order valence-electron chi connectivity index (χ1n) is 5.66. The Hall–Kier alpha value is -0.860. The van der Waals surface area contributed by atoms with Gasteiger partial charge in [-0.2, -0.15) is 0 Å². The maximum Gasteiger partial charge on any atom is 0.105 e. The van der Waals surface area contributed by atoms with E-state index >= 15 is 0 Å². The number of benzene rings is 1. The number of aryl methyl sites for hydroxylation is 1. The summed E-state index contributed by atoms with van der Waals surface area (Å²) in [5.41, 5.74) is 8.37. The molecule has 15 heavy (non-hydrogen) atoms. The molecule has 1 aliphatic carbocycles. The molecule has 1 aromatic carbocycles. The molecule has 0 heterocycles. The highest BCUT2D eigenvalue weighted by atomic mass is 16.5. The second-order valence-corrected chi connectivity index (χ2v) is 4.27. The van der Waals surface area contributed by atoms with E-state index in [-0.39, 0.29) is 5.60 Å². The average molecular weight is 205 g/mol. The first-order valence-corrected chi connectivity index (χ1v) is 5.66. The molecule has 2 nitrogen and oxygen atoms in total. The number of hydrogen-bond acceptors (Lipinski definition) is 2. The predicted molar refractivity (Wildman–Crippen MR) is 61.7 cm³/mol. The van der Waals surface area contributed by atoms with Crippen LogP contribution in [0.15, 0.2) is 24.3 Å². The third kappa shape index (κ3) is 1.80. The van der Waals surface area contributed by atoms with Crippen molar-refractivity contribution in [1.82, 2.24) is 0 Å². The second-order valence-electron chi connectivity index (χ2n) is 4.27. The molecule has 2 rings (SSSR count). The van der Waals surface area contributed by atoms with Crippen LogP contribution in [0.2, 0.25) is 0 Å². The number of nitrogens with two attached hydrogens (primary N) is 1. The van der Waals surface area contributed by atoms with Crippen LogP contribution in [0.3, 0.4) is 0 Å². The van der Waals surface area contributed by atoms with E-state index in [0.29, 0.717) is 6.54 Å². The van der Waals surface area contributed by atoms with Crippen LogP contribution in [0.25, 0.3) is 0 Å². The molecule has 82 valence electrons. The van der Waals surface area contributed by atoms with Crippen LogP contribution in [0.5, 0.6) is 0 Å². The summed E-state index contributed by atoms with van der Waals surface area (Å²) < 4.78 is 5.71. The van der Waals surface area contributed by atoms with Crippen molar-refractivity contribution in [3.63, 3.8) is 0 Å². The van der Waals surface area contributed by atoms with Gasteiger partial charge in [0, 0.05) is 13.7 Å². The van der Waals surface area contributed by atoms with Crippen molar-refractivity contribution in [2.75, 3.05) is 13.7 Å². The van der Waals surface area contributed by atoms with Gasteiger partial charge in [0.2, 0.25) is 0 Å². The van der Waals surface area contributed by atoms with E-state index in [1.165, 1.54) is 24.0 Å².